The zero-order valence-electron chi connectivity index (χ0n) is 10.3. The lowest BCUT2D eigenvalue weighted by molar-refractivity contribution is 0.0587. The van der Waals surface area contributed by atoms with Crippen LogP contribution in [0.15, 0.2) is 12.4 Å². The van der Waals surface area contributed by atoms with Crippen molar-refractivity contribution in [3.05, 3.63) is 18.0 Å². The summed E-state index contributed by atoms with van der Waals surface area (Å²) in [5, 5.41) is 0. The Morgan fingerprint density at radius 1 is 1.35 bits per heavy atom. The molecule has 0 unspecified atom stereocenters. The van der Waals surface area contributed by atoms with E-state index in [0.717, 1.165) is 0 Å². The summed E-state index contributed by atoms with van der Waals surface area (Å²) in [5.74, 6) is 0.185. The van der Waals surface area contributed by atoms with Crippen LogP contribution in [0.5, 0.6) is 0 Å². The molecule has 0 atom stereocenters. The molecule has 0 aliphatic heterocycles. The van der Waals surface area contributed by atoms with Gasteiger partial charge in [0.1, 0.15) is 5.60 Å². The molecule has 1 heterocycles. The zero-order valence-corrected chi connectivity index (χ0v) is 10.3. The Balaban J connectivity index is 2.78. The maximum absolute atomic E-state index is 11.7. The summed E-state index contributed by atoms with van der Waals surface area (Å²) >= 11 is 0. The van der Waals surface area contributed by atoms with Crippen molar-refractivity contribution < 1.29 is 14.3 Å². The number of rotatable bonds is 2. The van der Waals surface area contributed by atoms with E-state index in [1.54, 1.807) is 20.8 Å². The smallest absolute Gasteiger partial charge is 0.416 e. The first-order valence-electron chi connectivity index (χ1n) is 5.07. The highest BCUT2D eigenvalue weighted by molar-refractivity contribution is 5.85. The largest absolute Gasteiger partial charge is 0.443 e. The molecule has 0 bridgehead atoms. The fourth-order valence-electron chi connectivity index (χ4n) is 0.977. The van der Waals surface area contributed by atoms with E-state index in [4.69, 9.17) is 4.74 Å². The van der Waals surface area contributed by atoms with Crippen LogP contribution < -0.4 is 4.90 Å². The highest BCUT2D eigenvalue weighted by Gasteiger charge is 2.21. The average molecular weight is 237 g/mol. The fraction of sp³-hybridized carbons (Fsp3) is 0.455. The van der Waals surface area contributed by atoms with Crippen molar-refractivity contribution in [2.45, 2.75) is 26.4 Å². The Morgan fingerprint density at radius 3 is 2.29 bits per heavy atom. The molecule has 0 aromatic carbocycles. The van der Waals surface area contributed by atoms with Crippen LogP contribution in [0.4, 0.5) is 10.7 Å². The molecule has 0 aliphatic carbocycles. The maximum atomic E-state index is 11.7. The van der Waals surface area contributed by atoms with Crippen molar-refractivity contribution in [1.82, 2.24) is 9.97 Å². The number of aromatic nitrogens is 2. The molecule has 1 rings (SSSR count). The Morgan fingerprint density at radius 2 is 1.88 bits per heavy atom. The van der Waals surface area contributed by atoms with Gasteiger partial charge in [0.15, 0.2) is 6.29 Å². The predicted molar refractivity (Wildman–Crippen MR) is 62.1 cm³/mol. The number of amides is 1. The molecule has 0 N–H and O–H groups in total. The van der Waals surface area contributed by atoms with Gasteiger partial charge in [-0.3, -0.25) is 4.79 Å². The van der Waals surface area contributed by atoms with E-state index in [9.17, 15) is 9.59 Å². The van der Waals surface area contributed by atoms with Crippen LogP contribution in [0.25, 0.3) is 0 Å². The molecular formula is C11H15N3O3. The third-order valence-electron chi connectivity index (χ3n) is 1.76. The van der Waals surface area contributed by atoms with Gasteiger partial charge < -0.3 is 4.74 Å². The minimum atomic E-state index is -0.575. The molecule has 1 aromatic rings. The van der Waals surface area contributed by atoms with Gasteiger partial charge in [-0.05, 0) is 20.8 Å². The molecular weight excluding hydrogens is 222 g/mol. The van der Waals surface area contributed by atoms with Gasteiger partial charge in [-0.15, -0.1) is 0 Å². The SMILES string of the molecule is CN(C(=O)OC(C)(C)C)c1ncc(C=O)cn1. The summed E-state index contributed by atoms with van der Waals surface area (Å²) < 4.78 is 5.15. The molecule has 0 saturated heterocycles. The van der Waals surface area contributed by atoms with E-state index < -0.39 is 11.7 Å². The number of nitrogens with zero attached hydrogens (tertiary/aromatic N) is 3. The molecule has 0 aliphatic rings. The summed E-state index contributed by atoms with van der Waals surface area (Å²) in [6.45, 7) is 5.32. The van der Waals surface area contributed by atoms with Crippen LogP contribution in [-0.2, 0) is 4.74 Å². The lowest BCUT2D eigenvalue weighted by atomic mass is 10.2. The highest BCUT2D eigenvalue weighted by Crippen LogP contribution is 2.12. The van der Waals surface area contributed by atoms with E-state index in [2.05, 4.69) is 9.97 Å². The average Bonchev–Trinajstić information content (AvgIpc) is 2.26. The van der Waals surface area contributed by atoms with E-state index in [0.29, 0.717) is 11.8 Å². The minimum Gasteiger partial charge on any atom is -0.443 e. The van der Waals surface area contributed by atoms with Crippen molar-refractivity contribution in [2.75, 3.05) is 11.9 Å². The highest BCUT2D eigenvalue weighted by atomic mass is 16.6. The van der Waals surface area contributed by atoms with Gasteiger partial charge in [-0.1, -0.05) is 0 Å². The molecule has 0 saturated carbocycles. The van der Waals surface area contributed by atoms with Crippen LogP contribution in [0.3, 0.4) is 0 Å². The lowest BCUT2D eigenvalue weighted by Gasteiger charge is -2.23. The van der Waals surface area contributed by atoms with Gasteiger partial charge in [0.2, 0.25) is 5.95 Å². The standard InChI is InChI=1S/C11H15N3O3/c1-11(2,3)17-10(16)14(4)9-12-5-8(7-15)6-13-9/h5-7H,1-4H3. The van der Waals surface area contributed by atoms with Crippen molar-refractivity contribution >= 4 is 18.3 Å². The molecule has 6 nitrogen and oxygen atoms in total. The van der Waals surface area contributed by atoms with Crippen molar-refractivity contribution in [3.63, 3.8) is 0 Å². The lowest BCUT2D eigenvalue weighted by Crippen LogP contribution is -2.35. The first kappa shape index (κ1) is 13.1. The predicted octanol–water partition coefficient (Wildman–Crippen LogP) is 1.66. The van der Waals surface area contributed by atoms with Crippen LogP contribution in [0.1, 0.15) is 31.1 Å². The van der Waals surface area contributed by atoms with Gasteiger partial charge in [0.25, 0.3) is 0 Å². The molecule has 1 amide bonds. The third-order valence-corrected chi connectivity index (χ3v) is 1.76. The first-order valence-corrected chi connectivity index (χ1v) is 5.07. The zero-order chi connectivity index (χ0) is 13.1. The number of anilines is 1. The molecule has 6 heteroatoms. The topological polar surface area (TPSA) is 72.4 Å². The summed E-state index contributed by atoms with van der Waals surface area (Å²) in [6.07, 6.45) is 2.78. The molecule has 17 heavy (non-hydrogen) atoms. The molecule has 0 radical (unpaired) electrons. The van der Waals surface area contributed by atoms with Gasteiger partial charge >= 0.3 is 6.09 Å². The fourth-order valence-corrected chi connectivity index (χ4v) is 0.977. The Bertz CT molecular complexity index is 409. The number of hydrogen-bond donors (Lipinski definition) is 0. The Kier molecular flexibility index (Phi) is 3.77. The quantitative estimate of drug-likeness (QED) is 0.731. The monoisotopic (exact) mass is 237 g/mol. The second kappa shape index (κ2) is 4.90. The number of hydrogen-bond acceptors (Lipinski definition) is 5. The number of carbonyl (C=O) groups is 2. The van der Waals surface area contributed by atoms with E-state index in [1.807, 2.05) is 0 Å². The summed E-state index contributed by atoms with van der Waals surface area (Å²) in [7, 11) is 1.50. The minimum absolute atomic E-state index is 0.185. The van der Waals surface area contributed by atoms with Crippen molar-refractivity contribution in [2.24, 2.45) is 0 Å². The molecule has 0 fully saturated rings. The van der Waals surface area contributed by atoms with Crippen LogP contribution in [0, 0.1) is 0 Å². The maximum Gasteiger partial charge on any atom is 0.416 e. The first-order chi connectivity index (χ1) is 7.83. The summed E-state index contributed by atoms with van der Waals surface area (Å²) in [5.41, 5.74) is -0.222. The molecule has 1 aromatic heterocycles. The van der Waals surface area contributed by atoms with Crippen LogP contribution in [0.2, 0.25) is 0 Å². The van der Waals surface area contributed by atoms with Gasteiger partial charge in [0, 0.05) is 19.4 Å². The van der Waals surface area contributed by atoms with Crippen LogP contribution in [-0.4, -0.2) is 35.0 Å². The van der Waals surface area contributed by atoms with Crippen molar-refractivity contribution in [1.29, 1.82) is 0 Å². The molecule has 92 valence electrons. The number of ether oxygens (including phenoxy) is 1. The van der Waals surface area contributed by atoms with Gasteiger partial charge in [0.05, 0.1) is 5.56 Å². The Hall–Kier alpha value is -1.98. The normalized spacial score (nSPS) is 10.8. The third kappa shape index (κ3) is 3.82. The summed E-state index contributed by atoms with van der Waals surface area (Å²) in [6, 6.07) is 0. The Labute approximate surface area is 99.6 Å². The second-order valence-corrected chi connectivity index (χ2v) is 4.47. The van der Waals surface area contributed by atoms with E-state index in [1.165, 1.54) is 24.3 Å². The van der Waals surface area contributed by atoms with E-state index in [-0.39, 0.29) is 5.95 Å². The number of aldehydes is 1. The summed E-state index contributed by atoms with van der Waals surface area (Å²) in [4.78, 5) is 31.0. The van der Waals surface area contributed by atoms with Gasteiger partial charge in [-0.25, -0.2) is 19.7 Å². The van der Waals surface area contributed by atoms with Crippen molar-refractivity contribution in [3.8, 4) is 0 Å². The van der Waals surface area contributed by atoms with E-state index >= 15 is 0 Å². The second-order valence-electron chi connectivity index (χ2n) is 4.47. The van der Waals surface area contributed by atoms with Gasteiger partial charge in [-0.2, -0.15) is 0 Å². The molecule has 0 spiro atoms. The van der Waals surface area contributed by atoms with Crippen LogP contribution >= 0.6 is 0 Å². The number of carbonyl (C=O) groups excluding carboxylic acids is 2.